The molecule has 0 spiro atoms. The van der Waals surface area contributed by atoms with Crippen molar-refractivity contribution in [2.24, 2.45) is 0 Å². The molecule has 1 rings (SSSR count). The van der Waals surface area contributed by atoms with Crippen molar-refractivity contribution in [2.45, 2.75) is 30.7 Å². The Labute approximate surface area is 125 Å². The van der Waals surface area contributed by atoms with Crippen LogP contribution in [-0.2, 0) is 14.8 Å². The van der Waals surface area contributed by atoms with Gasteiger partial charge in [0.05, 0.1) is 4.92 Å². The molecule has 1 aromatic carbocycles. The molecule has 8 nitrogen and oxygen atoms in total. The summed E-state index contributed by atoms with van der Waals surface area (Å²) in [4.78, 5) is 20.4. The Kier molecular flexibility index (Phi) is 5.64. The maximum atomic E-state index is 12.1. The molecular weight excluding hydrogens is 324 g/mol. The molecule has 21 heavy (non-hydrogen) atoms. The summed E-state index contributed by atoms with van der Waals surface area (Å²) in [6.45, 7) is 1.69. The lowest BCUT2D eigenvalue weighted by Gasteiger charge is -2.14. The molecule has 0 fully saturated rings. The lowest BCUT2D eigenvalue weighted by Crippen LogP contribution is -2.40. The van der Waals surface area contributed by atoms with Gasteiger partial charge in [-0.2, -0.15) is 4.72 Å². The highest BCUT2D eigenvalue weighted by molar-refractivity contribution is 7.89. The van der Waals surface area contributed by atoms with Crippen molar-refractivity contribution in [1.29, 1.82) is 0 Å². The third-order valence-corrected chi connectivity index (χ3v) is 4.33. The molecule has 1 atom stereocenters. The molecule has 10 heteroatoms. The number of nitro groups is 1. The molecule has 0 amide bonds. The Hall–Kier alpha value is -1.71. The van der Waals surface area contributed by atoms with Gasteiger partial charge in [-0.15, -0.1) is 0 Å². The summed E-state index contributed by atoms with van der Waals surface area (Å²) < 4.78 is 26.2. The normalized spacial score (nSPS) is 12.9. The van der Waals surface area contributed by atoms with Gasteiger partial charge < -0.3 is 5.11 Å². The number of nitrogens with zero attached hydrogens (tertiary/aromatic N) is 1. The van der Waals surface area contributed by atoms with Crippen LogP contribution in [0.2, 0.25) is 5.02 Å². The second-order valence-electron chi connectivity index (χ2n) is 4.17. The lowest BCUT2D eigenvalue weighted by molar-refractivity contribution is -0.387. The van der Waals surface area contributed by atoms with E-state index >= 15 is 0 Å². The van der Waals surface area contributed by atoms with Crippen molar-refractivity contribution in [2.75, 3.05) is 0 Å². The molecule has 0 aliphatic rings. The van der Waals surface area contributed by atoms with Crippen LogP contribution in [0.4, 0.5) is 5.69 Å². The van der Waals surface area contributed by atoms with Crippen molar-refractivity contribution in [3.05, 3.63) is 33.3 Å². The van der Waals surface area contributed by atoms with E-state index in [2.05, 4.69) is 0 Å². The molecule has 116 valence electrons. The summed E-state index contributed by atoms with van der Waals surface area (Å²) in [5, 5.41) is 19.9. The van der Waals surface area contributed by atoms with Gasteiger partial charge in [-0.25, -0.2) is 8.42 Å². The molecule has 0 heterocycles. The van der Waals surface area contributed by atoms with Crippen molar-refractivity contribution in [3.8, 4) is 0 Å². The van der Waals surface area contributed by atoms with Crippen LogP contribution in [0.5, 0.6) is 0 Å². The number of hydrogen-bond donors (Lipinski definition) is 2. The lowest BCUT2D eigenvalue weighted by atomic mass is 10.2. The van der Waals surface area contributed by atoms with E-state index in [1.165, 1.54) is 6.07 Å². The molecule has 0 aromatic heterocycles. The van der Waals surface area contributed by atoms with Gasteiger partial charge in [0.25, 0.3) is 5.69 Å². The molecule has 0 aliphatic carbocycles. The molecular formula is C11H13ClN2O6S. The Morgan fingerprint density at radius 1 is 1.52 bits per heavy atom. The number of nitro benzene ring substituents is 1. The summed E-state index contributed by atoms with van der Waals surface area (Å²) in [5.74, 6) is -1.35. The summed E-state index contributed by atoms with van der Waals surface area (Å²) in [7, 11) is -4.35. The van der Waals surface area contributed by atoms with Gasteiger partial charge >= 0.3 is 5.97 Å². The minimum atomic E-state index is -4.35. The minimum Gasteiger partial charge on any atom is -0.480 e. The van der Waals surface area contributed by atoms with Crippen molar-refractivity contribution in [1.82, 2.24) is 4.72 Å². The van der Waals surface area contributed by atoms with Gasteiger partial charge in [-0.1, -0.05) is 24.9 Å². The second-order valence-corrected chi connectivity index (χ2v) is 6.29. The van der Waals surface area contributed by atoms with Crippen molar-refractivity contribution in [3.63, 3.8) is 0 Å². The Morgan fingerprint density at radius 3 is 2.62 bits per heavy atom. The van der Waals surface area contributed by atoms with Crippen molar-refractivity contribution >= 4 is 33.3 Å². The van der Waals surface area contributed by atoms with Crippen LogP contribution >= 0.6 is 11.6 Å². The zero-order valence-electron chi connectivity index (χ0n) is 10.9. The van der Waals surface area contributed by atoms with E-state index in [1.54, 1.807) is 6.92 Å². The number of nitrogens with one attached hydrogen (secondary N) is 1. The van der Waals surface area contributed by atoms with Crippen molar-refractivity contribution < 1.29 is 23.2 Å². The largest absolute Gasteiger partial charge is 0.480 e. The van der Waals surface area contributed by atoms with Gasteiger partial charge in [0.15, 0.2) is 4.90 Å². The summed E-state index contributed by atoms with van der Waals surface area (Å²) >= 11 is 5.60. The van der Waals surface area contributed by atoms with Gasteiger partial charge in [0, 0.05) is 11.1 Å². The average Bonchev–Trinajstić information content (AvgIpc) is 2.37. The van der Waals surface area contributed by atoms with E-state index in [9.17, 15) is 23.3 Å². The number of benzene rings is 1. The summed E-state index contributed by atoms with van der Waals surface area (Å²) in [6.07, 6.45) is 0.498. The summed E-state index contributed by atoms with van der Waals surface area (Å²) in [5.41, 5.74) is -0.712. The molecule has 0 saturated heterocycles. The smallest absolute Gasteiger partial charge is 0.321 e. The number of carboxylic acid groups (broad SMARTS) is 1. The third-order valence-electron chi connectivity index (χ3n) is 2.58. The van der Waals surface area contributed by atoms with Gasteiger partial charge in [-0.3, -0.25) is 14.9 Å². The maximum Gasteiger partial charge on any atom is 0.321 e. The van der Waals surface area contributed by atoms with Crippen LogP contribution in [0.1, 0.15) is 19.8 Å². The number of rotatable bonds is 7. The first-order chi connectivity index (χ1) is 9.69. The molecule has 0 saturated carbocycles. The predicted octanol–water partition coefficient (Wildman–Crippen LogP) is 1.78. The molecule has 0 aliphatic heterocycles. The standard InChI is InChI=1S/C11H13ClN2O6S/c1-2-3-8(11(15)16)13-21(19,20)10-5-4-7(12)6-9(10)14(17)18/h4-6,8,13H,2-3H2,1H3,(H,15,16). The highest BCUT2D eigenvalue weighted by Gasteiger charge is 2.30. The fourth-order valence-electron chi connectivity index (χ4n) is 1.63. The fourth-order valence-corrected chi connectivity index (χ4v) is 3.18. The monoisotopic (exact) mass is 336 g/mol. The van der Waals surface area contributed by atoms with Gasteiger partial charge in [0.2, 0.25) is 10.0 Å². The van der Waals surface area contributed by atoms with Crippen LogP contribution in [-0.4, -0.2) is 30.5 Å². The number of hydrogen-bond acceptors (Lipinski definition) is 5. The van der Waals surface area contributed by atoms with Crippen LogP contribution in [0.25, 0.3) is 0 Å². The van der Waals surface area contributed by atoms with Crippen LogP contribution in [0.3, 0.4) is 0 Å². The molecule has 0 radical (unpaired) electrons. The van der Waals surface area contributed by atoms with Crippen LogP contribution < -0.4 is 4.72 Å². The van der Waals surface area contributed by atoms with Gasteiger partial charge in [-0.05, 0) is 18.6 Å². The first-order valence-corrected chi connectivity index (χ1v) is 7.74. The molecule has 2 N–H and O–H groups in total. The SMILES string of the molecule is CCCC(NS(=O)(=O)c1ccc(Cl)cc1[N+](=O)[O-])C(=O)O. The number of carbonyl (C=O) groups is 1. The quantitative estimate of drug-likeness (QED) is 0.577. The van der Waals surface area contributed by atoms with Gasteiger partial charge in [0.1, 0.15) is 6.04 Å². The highest BCUT2D eigenvalue weighted by Crippen LogP contribution is 2.27. The first-order valence-electron chi connectivity index (χ1n) is 5.88. The average molecular weight is 337 g/mol. The first kappa shape index (κ1) is 17.3. The van der Waals surface area contributed by atoms with E-state index in [0.29, 0.717) is 6.42 Å². The van der Waals surface area contributed by atoms with E-state index < -0.39 is 37.5 Å². The number of sulfonamides is 1. The topological polar surface area (TPSA) is 127 Å². The molecule has 1 aromatic rings. The van der Waals surface area contributed by atoms with E-state index in [0.717, 1.165) is 12.1 Å². The Morgan fingerprint density at radius 2 is 2.14 bits per heavy atom. The fraction of sp³-hybridized carbons (Fsp3) is 0.364. The third kappa shape index (κ3) is 4.38. The Balaban J connectivity index is 3.25. The van der Waals surface area contributed by atoms with Crippen LogP contribution in [0.15, 0.2) is 23.1 Å². The van der Waals surface area contributed by atoms with E-state index in [4.69, 9.17) is 16.7 Å². The number of aliphatic carboxylic acids is 1. The number of carboxylic acids is 1. The maximum absolute atomic E-state index is 12.1. The van der Waals surface area contributed by atoms with E-state index in [1.807, 2.05) is 4.72 Å². The zero-order chi connectivity index (χ0) is 16.2. The molecule has 0 bridgehead atoms. The van der Waals surface area contributed by atoms with Crippen LogP contribution in [0, 0.1) is 10.1 Å². The minimum absolute atomic E-state index is 0.00370. The molecule has 1 unspecified atom stereocenters. The summed E-state index contributed by atoms with van der Waals surface area (Å²) in [6, 6.07) is 1.69. The van der Waals surface area contributed by atoms with E-state index in [-0.39, 0.29) is 11.4 Å². The predicted molar refractivity (Wildman–Crippen MR) is 74.8 cm³/mol. The zero-order valence-corrected chi connectivity index (χ0v) is 12.5. The Bertz CT molecular complexity index is 661. The highest BCUT2D eigenvalue weighted by atomic mass is 35.5. The second kappa shape index (κ2) is 6.83. The number of halogens is 1.